The number of fused-ring (bicyclic) bond motifs is 1. The Hall–Kier alpha value is -2.32. The zero-order valence-corrected chi connectivity index (χ0v) is 19.3. The maximum absolute atomic E-state index is 15.9. The van der Waals surface area contributed by atoms with Crippen LogP contribution in [0.2, 0.25) is 0 Å². The number of carbonyl (C=O) groups excluding carboxylic acids is 1. The number of alkyl halides is 1. The molecular weight excluding hydrogens is 417 g/mol. The lowest BCUT2D eigenvalue weighted by atomic mass is 9.91. The van der Waals surface area contributed by atoms with Crippen molar-refractivity contribution in [2.75, 3.05) is 18.0 Å². The maximum Gasteiger partial charge on any atom is 0.259 e. The van der Waals surface area contributed by atoms with E-state index in [0.29, 0.717) is 16.8 Å². The van der Waals surface area contributed by atoms with E-state index in [-0.39, 0.29) is 25.4 Å². The first-order chi connectivity index (χ1) is 14.4. The third-order valence-electron chi connectivity index (χ3n) is 6.47. The van der Waals surface area contributed by atoms with Crippen LogP contribution >= 0.6 is 0 Å². The Bertz CT molecular complexity index is 1160. The number of hydrogen-bond acceptors (Lipinski definition) is 4. The van der Waals surface area contributed by atoms with Gasteiger partial charge in [-0.05, 0) is 52.3 Å². The van der Waals surface area contributed by atoms with Crippen LogP contribution in [0, 0.1) is 6.92 Å². The van der Waals surface area contributed by atoms with Gasteiger partial charge in [0.2, 0.25) is 10.0 Å². The van der Waals surface area contributed by atoms with Gasteiger partial charge in [-0.1, -0.05) is 17.7 Å². The lowest BCUT2D eigenvalue weighted by Gasteiger charge is -2.33. The summed E-state index contributed by atoms with van der Waals surface area (Å²) >= 11 is 0. The molecule has 2 aliphatic heterocycles. The summed E-state index contributed by atoms with van der Waals surface area (Å²) in [5.41, 5.74) is 0.949. The van der Waals surface area contributed by atoms with Crippen molar-refractivity contribution in [1.82, 2.24) is 9.29 Å². The first kappa shape index (κ1) is 21.9. The summed E-state index contributed by atoms with van der Waals surface area (Å²) in [6, 6.07) is 7.38. The molecule has 2 aliphatic rings. The zero-order chi connectivity index (χ0) is 22.8. The molecule has 31 heavy (non-hydrogen) atoms. The van der Waals surface area contributed by atoms with E-state index in [9.17, 15) is 13.2 Å². The highest BCUT2D eigenvalue weighted by Crippen LogP contribution is 2.44. The molecule has 1 fully saturated rings. The van der Waals surface area contributed by atoms with Crippen molar-refractivity contribution in [3.63, 3.8) is 0 Å². The van der Waals surface area contributed by atoms with Gasteiger partial charge in [0.15, 0.2) is 5.67 Å². The van der Waals surface area contributed by atoms with Crippen LogP contribution in [0.3, 0.4) is 0 Å². The lowest BCUT2D eigenvalue weighted by Crippen LogP contribution is -2.39. The number of benzene rings is 1. The molecule has 0 N–H and O–H groups in total. The van der Waals surface area contributed by atoms with E-state index in [0.717, 1.165) is 11.1 Å². The normalized spacial score (nSPS) is 23.6. The predicted octanol–water partition coefficient (Wildman–Crippen LogP) is 3.89. The minimum atomic E-state index is -3.54. The number of pyridine rings is 1. The first-order valence-corrected chi connectivity index (χ1v) is 12.0. The van der Waals surface area contributed by atoms with E-state index in [1.807, 2.05) is 39.0 Å². The zero-order valence-electron chi connectivity index (χ0n) is 18.5. The summed E-state index contributed by atoms with van der Waals surface area (Å²) in [6.07, 6.45) is 3.05. The molecule has 0 bridgehead atoms. The van der Waals surface area contributed by atoms with Crippen molar-refractivity contribution in [2.45, 2.75) is 57.5 Å². The number of hydrogen-bond donors (Lipinski definition) is 0. The molecule has 166 valence electrons. The minimum absolute atomic E-state index is 0.0564. The van der Waals surface area contributed by atoms with E-state index in [1.54, 1.807) is 31.0 Å². The Morgan fingerprint density at radius 2 is 1.87 bits per heavy atom. The highest BCUT2D eigenvalue weighted by atomic mass is 32.2. The van der Waals surface area contributed by atoms with Crippen LogP contribution in [0.25, 0.3) is 0 Å². The van der Waals surface area contributed by atoms with Crippen LogP contribution < -0.4 is 4.90 Å². The van der Waals surface area contributed by atoms with Gasteiger partial charge in [-0.2, -0.15) is 4.31 Å². The molecule has 8 heteroatoms. The molecule has 1 unspecified atom stereocenters. The Morgan fingerprint density at radius 3 is 2.55 bits per heavy atom. The number of nitrogens with zero attached hydrogens (tertiary/aromatic N) is 3. The van der Waals surface area contributed by atoms with Gasteiger partial charge in [0.25, 0.3) is 5.91 Å². The second kappa shape index (κ2) is 7.10. The fraction of sp³-hybridized carbons (Fsp3) is 0.478. The SMILES string of the molecule is Cc1ccc2c(c1)C(C)(C)N(c1cncc(C3(F)CCN(S(=O)(=O)C(C)C)C3)c1)C2=O. The van der Waals surface area contributed by atoms with Crippen LogP contribution in [0.15, 0.2) is 36.7 Å². The number of carbonyl (C=O) groups is 1. The predicted molar refractivity (Wildman–Crippen MR) is 118 cm³/mol. The van der Waals surface area contributed by atoms with Crippen LogP contribution in [0.4, 0.5) is 10.1 Å². The van der Waals surface area contributed by atoms with Gasteiger partial charge in [0, 0.05) is 30.3 Å². The molecule has 0 radical (unpaired) electrons. The van der Waals surface area contributed by atoms with E-state index < -0.39 is 26.5 Å². The largest absolute Gasteiger partial charge is 0.297 e. The maximum atomic E-state index is 15.9. The summed E-state index contributed by atoms with van der Waals surface area (Å²) in [7, 11) is -3.54. The van der Waals surface area contributed by atoms with Crippen LogP contribution in [-0.2, 0) is 21.2 Å². The van der Waals surface area contributed by atoms with Gasteiger partial charge >= 0.3 is 0 Å². The van der Waals surface area contributed by atoms with Gasteiger partial charge < -0.3 is 0 Å². The topological polar surface area (TPSA) is 70.6 Å². The number of aryl methyl sites for hydroxylation is 1. The van der Waals surface area contributed by atoms with Crippen LogP contribution in [0.1, 0.15) is 61.2 Å². The molecule has 1 atom stereocenters. The van der Waals surface area contributed by atoms with Crippen molar-refractivity contribution < 1.29 is 17.6 Å². The van der Waals surface area contributed by atoms with Gasteiger partial charge in [-0.15, -0.1) is 0 Å². The second-order valence-electron chi connectivity index (χ2n) is 9.32. The average Bonchev–Trinajstić information content (AvgIpc) is 3.19. The summed E-state index contributed by atoms with van der Waals surface area (Å²) in [4.78, 5) is 19.1. The molecule has 0 saturated carbocycles. The average molecular weight is 446 g/mol. The minimum Gasteiger partial charge on any atom is -0.297 e. The number of halogens is 1. The number of anilines is 1. The Labute approximate surface area is 183 Å². The van der Waals surface area contributed by atoms with Crippen LogP contribution in [-0.4, -0.2) is 42.0 Å². The molecule has 0 spiro atoms. The first-order valence-electron chi connectivity index (χ1n) is 10.5. The lowest BCUT2D eigenvalue weighted by molar-refractivity contribution is 0.0981. The van der Waals surface area contributed by atoms with Crippen molar-refractivity contribution >= 4 is 21.6 Å². The summed E-state index contributed by atoms with van der Waals surface area (Å²) in [5, 5.41) is -0.607. The standard InChI is InChI=1S/C23H28FN3O3S/c1-15(2)31(29,30)26-9-8-23(24,14-26)17-11-18(13-25-12-17)27-21(28)19-7-6-16(3)10-20(19)22(27,4)5/h6-7,10-13,15H,8-9,14H2,1-5H3. The van der Waals surface area contributed by atoms with E-state index in [2.05, 4.69) is 4.98 Å². The monoisotopic (exact) mass is 445 g/mol. The molecule has 1 saturated heterocycles. The molecule has 1 aromatic carbocycles. The molecule has 2 aromatic rings. The van der Waals surface area contributed by atoms with Gasteiger partial charge in [-0.3, -0.25) is 14.7 Å². The highest BCUT2D eigenvalue weighted by Gasteiger charge is 2.47. The number of sulfonamides is 1. The Kier molecular flexibility index (Phi) is 5.01. The molecule has 4 rings (SSSR count). The van der Waals surface area contributed by atoms with Crippen molar-refractivity contribution in [3.8, 4) is 0 Å². The summed E-state index contributed by atoms with van der Waals surface area (Å²) in [5.74, 6) is -0.151. The van der Waals surface area contributed by atoms with Gasteiger partial charge in [0.1, 0.15) is 0 Å². The Morgan fingerprint density at radius 1 is 1.16 bits per heavy atom. The second-order valence-corrected chi connectivity index (χ2v) is 11.8. The van der Waals surface area contributed by atoms with Crippen molar-refractivity contribution in [1.29, 1.82) is 0 Å². The third-order valence-corrected chi connectivity index (χ3v) is 8.69. The fourth-order valence-electron chi connectivity index (χ4n) is 4.57. The van der Waals surface area contributed by atoms with E-state index in [1.165, 1.54) is 10.5 Å². The summed E-state index contributed by atoms with van der Waals surface area (Å²) < 4.78 is 42.1. The fourth-order valence-corrected chi connectivity index (χ4v) is 5.90. The molecule has 1 aromatic heterocycles. The quantitative estimate of drug-likeness (QED) is 0.716. The third kappa shape index (κ3) is 3.36. The van der Waals surface area contributed by atoms with Crippen LogP contribution in [0.5, 0.6) is 0 Å². The van der Waals surface area contributed by atoms with Crippen molar-refractivity contribution in [3.05, 3.63) is 58.9 Å². The number of amides is 1. The number of aromatic nitrogens is 1. The Balaban J connectivity index is 1.70. The van der Waals surface area contributed by atoms with E-state index in [4.69, 9.17) is 0 Å². The van der Waals surface area contributed by atoms with Gasteiger partial charge in [0.05, 0.1) is 29.2 Å². The molecule has 0 aliphatic carbocycles. The smallest absolute Gasteiger partial charge is 0.259 e. The van der Waals surface area contributed by atoms with Crippen molar-refractivity contribution in [2.24, 2.45) is 0 Å². The molecular formula is C23H28FN3O3S. The molecule has 1 amide bonds. The summed E-state index contributed by atoms with van der Waals surface area (Å²) in [6.45, 7) is 8.97. The highest BCUT2D eigenvalue weighted by molar-refractivity contribution is 7.89. The molecule has 6 nitrogen and oxygen atoms in total. The van der Waals surface area contributed by atoms with E-state index >= 15 is 4.39 Å². The molecule has 3 heterocycles. The number of rotatable bonds is 4. The van der Waals surface area contributed by atoms with Gasteiger partial charge in [-0.25, -0.2) is 12.8 Å².